The number of hydrogen-bond acceptors (Lipinski definition) is 2. The van der Waals surface area contributed by atoms with Crippen molar-refractivity contribution in [2.24, 2.45) is 0 Å². The molecule has 2 nitrogen and oxygen atoms in total. The quantitative estimate of drug-likeness (QED) is 0.601. The lowest BCUT2D eigenvalue weighted by molar-refractivity contribution is 0.104. The molecule has 0 aliphatic carbocycles. The molecule has 0 unspecified atom stereocenters. The third-order valence-electron chi connectivity index (χ3n) is 2.63. The summed E-state index contributed by atoms with van der Waals surface area (Å²) < 4.78 is 18.7. The lowest BCUT2D eigenvalue weighted by atomic mass is 10.1. The molecule has 2 aromatic rings. The summed E-state index contributed by atoms with van der Waals surface area (Å²) in [6.07, 6.45) is 1.18. The Hall–Kier alpha value is -2.42. The average molecular weight is 256 g/mol. The van der Waals surface area contributed by atoms with Crippen molar-refractivity contribution in [1.29, 1.82) is 0 Å². The summed E-state index contributed by atoms with van der Waals surface area (Å²) in [4.78, 5) is 11.6. The lowest BCUT2D eigenvalue weighted by Crippen LogP contribution is -2.02. The van der Waals surface area contributed by atoms with Gasteiger partial charge in [-0.2, -0.15) is 0 Å². The van der Waals surface area contributed by atoms with Gasteiger partial charge in [-0.3, -0.25) is 4.79 Å². The van der Waals surface area contributed by atoms with Gasteiger partial charge in [0.25, 0.3) is 0 Å². The summed E-state index contributed by atoms with van der Waals surface area (Å²) in [5.41, 5.74) is 1.26. The van der Waals surface area contributed by atoms with Crippen molar-refractivity contribution in [1.82, 2.24) is 0 Å². The number of allylic oxidation sites excluding steroid dienone is 1. The normalized spacial score (nSPS) is 9.95. The van der Waals surface area contributed by atoms with Gasteiger partial charge in [0, 0.05) is 6.07 Å². The average Bonchev–Trinajstić information content (AvgIpc) is 2.45. The van der Waals surface area contributed by atoms with Gasteiger partial charge in [0.05, 0.1) is 5.56 Å². The molecule has 0 amide bonds. The molecule has 19 heavy (non-hydrogen) atoms. The zero-order valence-electron chi connectivity index (χ0n) is 10.3. The van der Waals surface area contributed by atoms with Gasteiger partial charge in [0.15, 0.2) is 5.78 Å². The molecular weight excluding hydrogens is 243 g/mol. The highest BCUT2D eigenvalue weighted by molar-refractivity contribution is 6.06. The van der Waals surface area contributed by atoms with Crippen molar-refractivity contribution >= 4 is 5.78 Å². The van der Waals surface area contributed by atoms with E-state index in [9.17, 15) is 9.18 Å². The zero-order valence-corrected chi connectivity index (χ0v) is 10.3. The largest absolute Gasteiger partial charge is 0.488 e. The van der Waals surface area contributed by atoms with Crippen molar-refractivity contribution in [3.05, 3.63) is 78.1 Å². The van der Waals surface area contributed by atoms with E-state index in [1.54, 1.807) is 0 Å². The summed E-state index contributed by atoms with van der Waals surface area (Å²) in [7, 11) is 0. The van der Waals surface area contributed by atoms with Gasteiger partial charge in [-0.1, -0.05) is 36.9 Å². The summed E-state index contributed by atoms with van der Waals surface area (Å²) in [5, 5.41) is 0. The fourth-order valence-corrected chi connectivity index (χ4v) is 1.66. The Morgan fingerprint density at radius 2 is 1.95 bits per heavy atom. The number of rotatable bonds is 5. The van der Waals surface area contributed by atoms with E-state index in [2.05, 4.69) is 6.58 Å². The monoisotopic (exact) mass is 256 g/mol. The van der Waals surface area contributed by atoms with Gasteiger partial charge < -0.3 is 4.74 Å². The smallest absolute Gasteiger partial charge is 0.188 e. The highest BCUT2D eigenvalue weighted by Gasteiger charge is 2.11. The molecule has 0 radical (unpaired) electrons. The maximum Gasteiger partial charge on any atom is 0.188 e. The molecule has 96 valence electrons. The number of carbonyl (C=O) groups excluding carboxylic acids is 1. The second-order valence-electron chi connectivity index (χ2n) is 3.98. The number of ketones is 1. The number of ether oxygens (including phenoxy) is 1. The van der Waals surface area contributed by atoms with Gasteiger partial charge in [-0.05, 0) is 23.8 Å². The predicted molar refractivity (Wildman–Crippen MR) is 71.7 cm³/mol. The van der Waals surface area contributed by atoms with Crippen LogP contribution in [0.25, 0.3) is 0 Å². The van der Waals surface area contributed by atoms with Crippen molar-refractivity contribution in [3.63, 3.8) is 0 Å². The number of benzene rings is 2. The van der Waals surface area contributed by atoms with Crippen LogP contribution >= 0.6 is 0 Å². The Kier molecular flexibility index (Phi) is 4.08. The summed E-state index contributed by atoms with van der Waals surface area (Å²) in [6, 6.07) is 13.3. The minimum Gasteiger partial charge on any atom is -0.488 e. The van der Waals surface area contributed by atoms with Crippen LogP contribution in [0, 0.1) is 5.82 Å². The SMILES string of the molecule is C=CC(=O)c1ccc(F)cc1OCc1ccccc1. The molecule has 0 fully saturated rings. The van der Waals surface area contributed by atoms with Crippen LogP contribution < -0.4 is 4.74 Å². The Morgan fingerprint density at radius 3 is 2.63 bits per heavy atom. The third kappa shape index (κ3) is 3.28. The number of carbonyl (C=O) groups is 1. The summed E-state index contributed by atoms with van der Waals surface area (Å²) >= 11 is 0. The molecular formula is C16H13FO2. The topological polar surface area (TPSA) is 26.3 Å². The molecule has 0 aliphatic rings. The highest BCUT2D eigenvalue weighted by atomic mass is 19.1. The van der Waals surface area contributed by atoms with E-state index in [1.165, 1.54) is 24.3 Å². The van der Waals surface area contributed by atoms with Crippen LogP contribution in [0.3, 0.4) is 0 Å². The molecule has 0 bridgehead atoms. The van der Waals surface area contributed by atoms with Gasteiger partial charge in [-0.15, -0.1) is 0 Å². The van der Waals surface area contributed by atoms with Crippen LogP contribution in [-0.4, -0.2) is 5.78 Å². The van der Waals surface area contributed by atoms with E-state index in [4.69, 9.17) is 4.74 Å². The van der Waals surface area contributed by atoms with E-state index in [1.807, 2.05) is 30.3 Å². The molecule has 0 spiro atoms. The first kappa shape index (κ1) is 13.0. The summed E-state index contributed by atoms with van der Waals surface area (Å²) in [6.45, 7) is 3.70. The Balaban J connectivity index is 2.21. The van der Waals surface area contributed by atoms with E-state index in [0.717, 1.165) is 5.56 Å². The fourth-order valence-electron chi connectivity index (χ4n) is 1.66. The second kappa shape index (κ2) is 5.96. The molecule has 0 saturated heterocycles. The van der Waals surface area contributed by atoms with E-state index < -0.39 is 5.82 Å². The molecule has 0 aromatic heterocycles. The first-order valence-corrected chi connectivity index (χ1v) is 5.84. The molecule has 2 rings (SSSR count). The van der Waals surface area contributed by atoms with Gasteiger partial charge >= 0.3 is 0 Å². The number of hydrogen-bond donors (Lipinski definition) is 0. The first-order valence-electron chi connectivity index (χ1n) is 5.84. The minimum atomic E-state index is -0.441. The maximum absolute atomic E-state index is 13.2. The first-order chi connectivity index (χ1) is 9.20. The van der Waals surface area contributed by atoms with E-state index in [0.29, 0.717) is 5.56 Å². The maximum atomic E-state index is 13.2. The fraction of sp³-hybridized carbons (Fsp3) is 0.0625. The molecule has 2 aromatic carbocycles. The molecule has 0 heterocycles. The summed E-state index contributed by atoms with van der Waals surface area (Å²) in [5.74, 6) is -0.500. The molecule has 0 atom stereocenters. The predicted octanol–water partition coefficient (Wildman–Crippen LogP) is 3.77. The van der Waals surface area contributed by atoms with Crippen LogP contribution in [0.4, 0.5) is 4.39 Å². The van der Waals surface area contributed by atoms with E-state index in [-0.39, 0.29) is 18.1 Å². The van der Waals surface area contributed by atoms with Crippen LogP contribution in [0.15, 0.2) is 61.2 Å². The molecule has 3 heteroatoms. The van der Waals surface area contributed by atoms with Gasteiger partial charge in [-0.25, -0.2) is 4.39 Å². The van der Waals surface area contributed by atoms with Crippen molar-refractivity contribution in [2.75, 3.05) is 0 Å². The van der Waals surface area contributed by atoms with Crippen LogP contribution in [0.2, 0.25) is 0 Å². The van der Waals surface area contributed by atoms with Crippen molar-refractivity contribution in [2.45, 2.75) is 6.61 Å². The number of halogens is 1. The molecule has 0 aliphatic heterocycles. The Bertz CT molecular complexity index is 591. The zero-order chi connectivity index (χ0) is 13.7. The standard InChI is InChI=1S/C16H13FO2/c1-2-15(18)14-9-8-13(17)10-16(14)19-11-12-6-4-3-5-7-12/h2-10H,1,11H2. The van der Waals surface area contributed by atoms with Crippen molar-refractivity contribution < 1.29 is 13.9 Å². The highest BCUT2D eigenvalue weighted by Crippen LogP contribution is 2.22. The Labute approximate surface area is 111 Å². The third-order valence-corrected chi connectivity index (χ3v) is 2.63. The van der Waals surface area contributed by atoms with Gasteiger partial charge in [0.2, 0.25) is 0 Å². The minimum absolute atomic E-state index is 0.230. The lowest BCUT2D eigenvalue weighted by Gasteiger charge is -2.10. The van der Waals surface area contributed by atoms with Crippen LogP contribution in [0.5, 0.6) is 5.75 Å². The Morgan fingerprint density at radius 1 is 1.21 bits per heavy atom. The van der Waals surface area contributed by atoms with Crippen LogP contribution in [-0.2, 0) is 6.61 Å². The van der Waals surface area contributed by atoms with Crippen molar-refractivity contribution in [3.8, 4) is 5.75 Å². The second-order valence-corrected chi connectivity index (χ2v) is 3.98. The molecule has 0 saturated carbocycles. The van der Waals surface area contributed by atoms with Crippen LogP contribution in [0.1, 0.15) is 15.9 Å². The molecule has 0 N–H and O–H groups in total. The van der Waals surface area contributed by atoms with Gasteiger partial charge in [0.1, 0.15) is 18.2 Å². The van der Waals surface area contributed by atoms with E-state index >= 15 is 0 Å².